The number of aliphatic hydroxyl groups excluding tert-OH is 1. The van der Waals surface area contributed by atoms with E-state index in [4.69, 9.17) is 4.74 Å². The highest BCUT2D eigenvalue weighted by atomic mass is 32.1. The summed E-state index contributed by atoms with van der Waals surface area (Å²) in [6, 6.07) is 10.5. The topological polar surface area (TPSA) is 78.9 Å². The molecule has 1 aromatic carbocycles. The number of hydrogen-bond acceptors (Lipinski definition) is 6. The molecule has 2 N–H and O–H groups in total. The molecule has 1 amide bonds. The van der Waals surface area contributed by atoms with Crippen molar-refractivity contribution in [3.63, 3.8) is 0 Å². The third kappa shape index (κ3) is 4.05. The number of nitrogens with zero attached hydrogens (tertiary/aromatic N) is 1. The van der Waals surface area contributed by atoms with E-state index in [1.807, 2.05) is 29.6 Å². The smallest absolute Gasteiger partial charge is 0.328 e. The van der Waals surface area contributed by atoms with Gasteiger partial charge in [0.25, 0.3) is 5.91 Å². The number of benzene rings is 1. The maximum atomic E-state index is 13.1. The van der Waals surface area contributed by atoms with Crippen molar-refractivity contribution in [1.29, 1.82) is 0 Å². The molecule has 2 atom stereocenters. The Morgan fingerprint density at radius 3 is 2.85 bits per heavy atom. The third-order valence-corrected chi connectivity index (χ3v) is 5.38. The summed E-state index contributed by atoms with van der Waals surface area (Å²) < 4.78 is 4.82. The van der Waals surface area contributed by atoms with Crippen LogP contribution in [0.3, 0.4) is 0 Å². The number of ether oxygens (including phenoxy) is 1. The van der Waals surface area contributed by atoms with Crippen LogP contribution >= 0.6 is 11.3 Å². The Morgan fingerprint density at radius 2 is 2.12 bits per heavy atom. The predicted molar refractivity (Wildman–Crippen MR) is 100 cm³/mol. The van der Waals surface area contributed by atoms with Gasteiger partial charge in [0.2, 0.25) is 0 Å². The van der Waals surface area contributed by atoms with Gasteiger partial charge in [-0.1, -0.05) is 18.2 Å². The van der Waals surface area contributed by atoms with Gasteiger partial charge in [0.05, 0.1) is 18.8 Å². The molecule has 1 aliphatic heterocycles. The molecule has 1 fully saturated rings. The molecule has 0 bridgehead atoms. The summed E-state index contributed by atoms with van der Waals surface area (Å²) in [5.41, 5.74) is 1.23. The summed E-state index contributed by atoms with van der Waals surface area (Å²) in [4.78, 5) is 27.9. The minimum absolute atomic E-state index is 0.198. The molecule has 2 heterocycles. The number of methoxy groups -OCH3 is 1. The summed E-state index contributed by atoms with van der Waals surface area (Å²) in [5, 5.41) is 15.2. The van der Waals surface area contributed by atoms with Crippen molar-refractivity contribution in [2.24, 2.45) is 0 Å². The summed E-state index contributed by atoms with van der Waals surface area (Å²) in [6.07, 6.45) is 0.0445. The molecule has 7 heteroatoms. The molecule has 0 radical (unpaired) electrons. The largest absolute Gasteiger partial charge is 0.467 e. The summed E-state index contributed by atoms with van der Waals surface area (Å²) >= 11 is 1.65. The van der Waals surface area contributed by atoms with Crippen LogP contribution in [-0.2, 0) is 16.1 Å². The third-order valence-electron chi connectivity index (χ3n) is 4.50. The van der Waals surface area contributed by atoms with Gasteiger partial charge < -0.3 is 20.1 Å². The van der Waals surface area contributed by atoms with Gasteiger partial charge in [-0.3, -0.25) is 4.79 Å². The second-order valence-corrected chi connectivity index (χ2v) is 7.23. The average Bonchev–Trinajstić information content (AvgIpc) is 3.19. The number of aliphatic hydroxyl groups is 1. The van der Waals surface area contributed by atoms with Crippen LogP contribution < -0.4 is 5.32 Å². The lowest BCUT2D eigenvalue weighted by Crippen LogP contribution is -2.51. The van der Waals surface area contributed by atoms with E-state index < -0.39 is 18.1 Å². The Labute approximate surface area is 156 Å². The van der Waals surface area contributed by atoms with Crippen LogP contribution in [0.15, 0.2) is 41.8 Å². The number of esters is 1. The van der Waals surface area contributed by atoms with Gasteiger partial charge in [-0.05, 0) is 30.0 Å². The molecular formula is C19H22N2O4S. The Kier molecular flexibility index (Phi) is 5.90. The molecule has 0 unspecified atom stereocenters. The van der Waals surface area contributed by atoms with Crippen LogP contribution in [0.2, 0.25) is 0 Å². The highest BCUT2D eigenvalue weighted by molar-refractivity contribution is 7.09. The van der Waals surface area contributed by atoms with Gasteiger partial charge in [0.1, 0.15) is 6.04 Å². The van der Waals surface area contributed by atoms with Crippen LogP contribution in [0, 0.1) is 0 Å². The Balaban J connectivity index is 1.81. The van der Waals surface area contributed by atoms with E-state index in [2.05, 4.69) is 5.32 Å². The van der Waals surface area contributed by atoms with E-state index in [1.165, 1.54) is 16.9 Å². The first-order valence-electron chi connectivity index (χ1n) is 8.52. The average molecular weight is 374 g/mol. The van der Waals surface area contributed by atoms with Crippen molar-refractivity contribution < 1.29 is 19.4 Å². The lowest BCUT2D eigenvalue weighted by atomic mass is 9.98. The first-order chi connectivity index (χ1) is 12.6. The lowest BCUT2D eigenvalue weighted by Gasteiger charge is -2.36. The summed E-state index contributed by atoms with van der Waals surface area (Å²) in [6.45, 7) is 0.945. The molecule has 138 valence electrons. The number of amides is 1. The van der Waals surface area contributed by atoms with Crippen LogP contribution in [0.5, 0.6) is 0 Å². The zero-order valence-corrected chi connectivity index (χ0v) is 15.4. The van der Waals surface area contributed by atoms with Gasteiger partial charge in [0, 0.05) is 30.1 Å². The van der Waals surface area contributed by atoms with Gasteiger partial charge in [-0.2, -0.15) is 0 Å². The number of para-hydroxylation sites is 1. The zero-order valence-electron chi connectivity index (χ0n) is 14.6. The van der Waals surface area contributed by atoms with E-state index in [9.17, 15) is 14.7 Å². The summed E-state index contributed by atoms with van der Waals surface area (Å²) in [5.74, 6) is -0.734. The molecule has 1 aliphatic rings. The number of carbonyl (C=O) groups excluding carboxylic acids is 2. The number of likely N-dealkylation sites (tertiary alicyclic amines) is 1. The standard InChI is InChI=1S/C19H22N2O4S/c1-25-19(24)17-11-13(22)8-9-21(17)18(23)15-6-2-3-7-16(15)20-12-14-5-4-10-26-14/h2-7,10,13,17,20,22H,8-9,11-12H2,1H3/t13-,17+/m1/s1. The van der Waals surface area contributed by atoms with Crippen molar-refractivity contribution in [2.75, 3.05) is 19.0 Å². The highest BCUT2D eigenvalue weighted by Crippen LogP contribution is 2.25. The Hall–Kier alpha value is -2.38. The molecule has 1 saturated heterocycles. The Morgan fingerprint density at radius 1 is 1.31 bits per heavy atom. The fourth-order valence-corrected chi connectivity index (χ4v) is 3.77. The highest BCUT2D eigenvalue weighted by Gasteiger charge is 2.37. The number of rotatable bonds is 5. The quantitative estimate of drug-likeness (QED) is 0.786. The number of carbonyl (C=O) groups is 2. The zero-order chi connectivity index (χ0) is 18.5. The monoisotopic (exact) mass is 374 g/mol. The van der Waals surface area contributed by atoms with E-state index in [0.717, 1.165) is 5.69 Å². The molecule has 1 aromatic heterocycles. The van der Waals surface area contributed by atoms with E-state index in [-0.39, 0.29) is 12.3 Å². The van der Waals surface area contributed by atoms with Gasteiger partial charge >= 0.3 is 5.97 Å². The number of piperidine rings is 1. The molecule has 2 aromatic rings. The minimum Gasteiger partial charge on any atom is -0.467 e. The van der Waals surface area contributed by atoms with Crippen LogP contribution in [0.1, 0.15) is 28.1 Å². The van der Waals surface area contributed by atoms with Gasteiger partial charge in [-0.25, -0.2) is 4.79 Å². The van der Waals surface area contributed by atoms with Gasteiger partial charge in [-0.15, -0.1) is 11.3 Å². The number of nitrogens with one attached hydrogen (secondary N) is 1. The molecule has 3 rings (SSSR count). The van der Waals surface area contributed by atoms with E-state index in [0.29, 0.717) is 25.1 Å². The van der Waals surface area contributed by atoms with Crippen molar-refractivity contribution in [1.82, 2.24) is 4.90 Å². The Bertz CT molecular complexity index is 763. The predicted octanol–water partition coefficient (Wildman–Crippen LogP) is 2.50. The molecular weight excluding hydrogens is 352 g/mol. The fourth-order valence-electron chi connectivity index (χ4n) is 3.12. The molecule has 0 saturated carbocycles. The maximum absolute atomic E-state index is 13.1. The SMILES string of the molecule is COC(=O)[C@@H]1C[C@H](O)CCN1C(=O)c1ccccc1NCc1cccs1. The maximum Gasteiger partial charge on any atom is 0.328 e. The fraction of sp³-hybridized carbons (Fsp3) is 0.368. The lowest BCUT2D eigenvalue weighted by molar-refractivity contribution is -0.148. The second-order valence-electron chi connectivity index (χ2n) is 6.19. The van der Waals surface area contributed by atoms with Crippen molar-refractivity contribution >= 4 is 28.9 Å². The number of anilines is 1. The van der Waals surface area contributed by atoms with Crippen LogP contribution in [0.25, 0.3) is 0 Å². The van der Waals surface area contributed by atoms with Crippen molar-refractivity contribution in [2.45, 2.75) is 31.5 Å². The van der Waals surface area contributed by atoms with E-state index >= 15 is 0 Å². The first-order valence-corrected chi connectivity index (χ1v) is 9.40. The number of hydrogen-bond donors (Lipinski definition) is 2. The van der Waals surface area contributed by atoms with Crippen molar-refractivity contribution in [3.8, 4) is 0 Å². The van der Waals surface area contributed by atoms with Crippen LogP contribution in [0.4, 0.5) is 5.69 Å². The molecule has 0 spiro atoms. The number of thiophene rings is 1. The molecule has 6 nitrogen and oxygen atoms in total. The molecule has 26 heavy (non-hydrogen) atoms. The van der Waals surface area contributed by atoms with Crippen molar-refractivity contribution in [3.05, 3.63) is 52.2 Å². The molecule has 0 aliphatic carbocycles. The second kappa shape index (κ2) is 8.33. The van der Waals surface area contributed by atoms with Crippen LogP contribution in [-0.4, -0.2) is 47.7 Å². The minimum atomic E-state index is -0.762. The first kappa shape index (κ1) is 18.4. The summed E-state index contributed by atoms with van der Waals surface area (Å²) in [7, 11) is 1.29. The normalized spacial score (nSPS) is 19.8. The van der Waals surface area contributed by atoms with E-state index in [1.54, 1.807) is 23.5 Å². The van der Waals surface area contributed by atoms with Gasteiger partial charge in [0.15, 0.2) is 0 Å².